The summed E-state index contributed by atoms with van der Waals surface area (Å²) in [4.78, 5) is 8.69. The fourth-order valence-electron chi connectivity index (χ4n) is 3.26. The first-order chi connectivity index (χ1) is 13.4. The van der Waals surface area contributed by atoms with Crippen LogP contribution in [0.2, 0.25) is 0 Å². The SMILES string of the molecule is Cc1ccc(S(=O)(=O)N2CCCC[C@@H]2c2nnc(-c3cnc(C)cn3)o2)cc1. The number of aromatic nitrogens is 4. The van der Waals surface area contributed by atoms with E-state index < -0.39 is 16.1 Å². The Bertz CT molecular complexity index is 1060. The van der Waals surface area contributed by atoms with Crippen molar-refractivity contribution in [2.24, 2.45) is 0 Å². The molecule has 0 spiro atoms. The van der Waals surface area contributed by atoms with Crippen LogP contribution in [-0.2, 0) is 10.0 Å². The maximum atomic E-state index is 13.2. The second-order valence-corrected chi connectivity index (χ2v) is 8.82. The molecule has 1 fully saturated rings. The number of sulfonamides is 1. The quantitative estimate of drug-likeness (QED) is 0.664. The maximum Gasteiger partial charge on any atom is 0.267 e. The van der Waals surface area contributed by atoms with E-state index in [1.165, 1.54) is 4.31 Å². The van der Waals surface area contributed by atoms with Crippen molar-refractivity contribution >= 4 is 10.0 Å². The molecular weight excluding hydrogens is 378 g/mol. The van der Waals surface area contributed by atoms with Gasteiger partial charge in [-0.3, -0.25) is 4.98 Å². The van der Waals surface area contributed by atoms with Crippen LogP contribution in [0, 0.1) is 13.8 Å². The van der Waals surface area contributed by atoms with E-state index >= 15 is 0 Å². The molecule has 0 saturated carbocycles. The van der Waals surface area contributed by atoms with Crippen molar-refractivity contribution < 1.29 is 12.8 Å². The second kappa shape index (κ2) is 7.40. The summed E-state index contributed by atoms with van der Waals surface area (Å²) in [5.74, 6) is 0.522. The number of hydrogen-bond donors (Lipinski definition) is 0. The van der Waals surface area contributed by atoms with Gasteiger partial charge in [0.05, 0.1) is 16.8 Å². The van der Waals surface area contributed by atoms with Gasteiger partial charge in [-0.25, -0.2) is 13.4 Å². The Balaban J connectivity index is 1.66. The Morgan fingerprint density at radius 2 is 1.82 bits per heavy atom. The zero-order chi connectivity index (χ0) is 19.7. The summed E-state index contributed by atoms with van der Waals surface area (Å²) in [5.41, 5.74) is 2.26. The molecule has 2 aromatic heterocycles. The third-order valence-electron chi connectivity index (χ3n) is 4.81. The van der Waals surface area contributed by atoms with Crippen LogP contribution in [-0.4, -0.2) is 39.4 Å². The number of rotatable bonds is 4. The van der Waals surface area contributed by atoms with E-state index in [1.54, 1.807) is 36.7 Å². The number of piperidine rings is 1. The maximum absolute atomic E-state index is 13.2. The molecule has 1 saturated heterocycles. The monoisotopic (exact) mass is 399 g/mol. The summed E-state index contributed by atoms with van der Waals surface area (Å²) in [5, 5.41) is 8.17. The molecular formula is C19H21N5O3S. The third-order valence-corrected chi connectivity index (χ3v) is 6.73. The lowest BCUT2D eigenvalue weighted by molar-refractivity contribution is 0.220. The van der Waals surface area contributed by atoms with Crippen LogP contribution in [0.25, 0.3) is 11.6 Å². The van der Waals surface area contributed by atoms with E-state index in [2.05, 4.69) is 20.2 Å². The highest BCUT2D eigenvalue weighted by Gasteiger charge is 2.37. The van der Waals surface area contributed by atoms with Crippen molar-refractivity contribution in [1.82, 2.24) is 24.5 Å². The summed E-state index contributed by atoms with van der Waals surface area (Å²) in [7, 11) is -3.66. The van der Waals surface area contributed by atoms with E-state index in [0.29, 0.717) is 18.7 Å². The molecule has 146 valence electrons. The largest absolute Gasteiger partial charge is 0.417 e. The number of nitrogens with zero attached hydrogens (tertiary/aromatic N) is 5. The number of aryl methyl sites for hydroxylation is 2. The summed E-state index contributed by atoms with van der Waals surface area (Å²) in [6, 6.07) is 6.38. The molecule has 4 rings (SSSR count). The van der Waals surface area contributed by atoms with Crippen LogP contribution < -0.4 is 0 Å². The van der Waals surface area contributed by atoms with Gasteiger partial charge in [-0.15, -0.1) is 10.2 Å². The van der Waals surface area contributed by atoms with Gasteiger partial charge in [-0.1, -0.05) is 24.1 Å². The van der Waals surface area contributed by atoms with E-state index in [0.717, 1.165) is 24.1 Å². The fraction of sp³-hybridized carbons (Fsp3) is 0.368. The zero-order valence-electron chi connectivity index (χ0n) is 15.7. The molecule has 8 nitrogen and oxygen atoms in total. The van der Waals surface area contributed by atoms with Gasteiger partial charge in [0.25, 0.3) is 5.89 Å². The van der Waals surface area contributed by atoms with Gasteiger partial charge in [0.1, 0.15) is 11.7 Å². The number of hydrogen-bond acceptors (Lipinski definition) is 7. The van der Waals surface area contributed by atoms with Crippen molar-refractivity contribution in [3.05, 3.63) is 53.8 Å². The molecule has 1 aliphatic rings. The van der Waals surface area contributed by atoms with Crippen LogP contribution in [0.15, 0.2) is 46.0 Å². The highest BCUT2D eigenvalue weighted by molar-refractivity contribution is 7.89. The van der Waals surface area contributed by atoms with Crippen molar-refractivity contribution in [2.75, 3.05) is 6.54 Å². The summed E-state index contributed by atoms with van der Waals surface area (Å²) in [6.45, 7) is 4.18. The lowest BCUT2D eigenvalue weighted by atomic mass is 10.1. The van der Waals surface area contributed by atoms with Crippen molar-refractivity contribution in [3.8, 4) is 11.6 Å². The average molecular weight is 399 g/mol. The Morgan fingerprint density at radius 3 is 2.54 bits per heavy atom. The Kier molecular flexibility index (Phi) is 4.94. The minimum atomic E-state index is -3.66. The van der Waals surface area contributed by atoms with Crippen LogP contribution >= 0.6 is 0 Å². The Hall–Kier alpha value is -2.65. The van der Waals surface area contributed by atoms with E-state index in [9.17, 15) is 8.42 Å². The zero-order valence-corrected chi connectivity index (χ0v) is 16.6. The van der Waals surface area contributed by atoms with Crippen molar-refractivity contribution in [2.45, 2.75) is 44.0 Å². The first kappa shape index (κ1) is 18.7. The number of benzene rings is 1. The molecule has 3 aromatic rings. The molecule has 0 bridgehead atoms. The molecule has 0 N–H and O–H groups in total. The lowest BCUT2D eigenvalue weighted by Gasteiger charge is -2.32. The molecule has 0 aliphatic carbocycles. The van der Waals surface area contributed by atoms with Gasteiger partial charge in [0.2, 0.25) is 15.9 Å². The highest BCUT2D eigenvalue weighted by atomic mass is 32.2. The molecule has 28 heavy (non-hydrogen) atoms. The summed E-state index contributed by atoms with van der Waals surface area (Å²) in [6.07, 6.45) is 5.51. The smallest absolute Gasteiger partial charge is 0.267 e. The molecule has 3 heterocycles. The van der Waals surface area contributed by atoms with Gasteiger partial charge in [-0.05, 0) is 38.8 Å². The van der Waals surface area contributed by atoms with Crippen molar-refractivity contribution in [3.63, 3.8) is 0 Å². The molecule has 0 amide bonds. The molecule has 1 aliphatic heterocycles. The van der Waals surface area contributed by atoms with Gasteiger partial charge in [-0.2, -0.15) is 4.31 Å². The van der Waals surface area contributed by atoms with Gasteiger partial charge in [0.15, 0.2) is 0 Å². The summed E-state index contributed by atoms with van der Waals surface area (Å²) >= 11 is 0. The van der Waals surface area contributed by atoms with Crippen LogP contribution in [0.5, 0.6) is 0 Å². The highest BCUT2D eigenvalue weighted by Crippen LogP contribution is 2.35. The van der Waals surface area contributed by atoms with Crippen molar-refractivity contribution in [1.29, 1.82) is 0 Å². The van der Waals surface area contributed by atoms with E-state index in [4.69, 9.17) is 4.42 Å². The Morgan fingerprint density at radius 1 is 1.04 bits per heavy atom. The summed E-state index contributed by atoms with van der Waals surface area (Å²) < 4.78 is 33.7. The topological polar surface area (TPSA) is 102 Å². The lowest BCUT2D eigenvalue weighted by Crippen LogP contribution is -2.38. The fourth-order valence-corrected chi connectivity index (χ4v) is 4.91. The molecule has 0 unspecified atom stereocenters. The minimum absolute atomic E-state index is 0.237. The predicted octanol–water partition coefficient (Wildman–Crippen LogP) is 3.06. The van der Waals surface area contributed by atoms with Crippen LogP contribution in [0.3, 0.4) is 0 Å². The normalized spacial score (nSPS) is 18.3. The average Bonchev–Trinajstić information content (AvgIpc) is 3.19. The minimum Gasteiger partial charge on any atom is -0.417 e. The third kappa shape index (κ3) is 3.55. The van der Waals surface area contributed by atoms with Gasteiger partial charge in [0, 0.05) is 12.7 Å². The first-order valence-corrected chi connectivity index (χ1v) is 10.6. The second-order valence-electron chi connectivity index (χ2n) is 6.93. The van der Waals surface area contributed by atoms with Gasteiger partial charge >= 0.3 is 0 Å². The molecule has 1 atom stereocenters. The predicted molar refractivity (Wildman–Crippen MR) is 102 cm³/mol. The standard InChI is InChI=1S/C19H21N5O3S/c1-13-6-8-15(9-7-13)28(25,26)24-10-4-3-5-17(24)19-23-22-18(27-19)16-12-20-14(2)11-21-16/h6-9,11-12,17H,3-5,10H2,1-2H3/t17-/m1/s1. The van der Waals surface area contributed by atoms with Crippen LogP contribution in [0.4, 0.5) is 0 Å². The molecule has 0 radical (unpaired) electrons. The molecule has 1 aromatic carbocycles. The van der Waals surface area contributed by atoms with Crippen LogP contribution in [0.1, 0.15) is 42.5 Å². The van der Waals surface area contributed by atoms with E-state index in [1.807, 2.05) is 13.8 Å². The van der Waals surface area contributed by atoms with Gasteiger partial charge < -0.3 is 4.42 Å². The first-order valence-electron chi connectivity index (χ1n) is 9.16. The molecule has 9 heteroatoms. The van der Waals surface area contributed by atoms with E-state index in [-0.39, 0.29) is 16.7 Å². The Labute approximate surface area is 163 Å².